The van der Waals surface area contributed by atoms with E-state index in [1.807, 2.05) is 24.3 Å². The molecule has 0 aliphatic carbocycles. The minimum atomic E-state index is 0.135. The zero-order chi connectivity index (χ0) is 12.8. The molecule has 0 atom stereocenters. The Balaban J connectivity index is 2.68. The average Bonchev–Trinajstić information content (AvgIpc) is 2.28. The number of para-hydroxylation sites is 1. The van der Waals surface area contributed by atoms with Gasteiger partial charge < -0.3 is 10.6 Å². The van der Waals surface area contributed by atoms with Crippen LogP contribution >= 0.6 is 0 Å². The minimum Gasteiger partial charge on any atom is -0.384 e. The van der Waals surface area contributed by atoms with Gasteiger partial charge in [0.1, 0.15) is 5.84 Å². The van der Waals surface area contributed by atoms with Crippen LogP contribution in [0.4, 0.5) is 5.69 Å². The number of hydrogen-bond acceptors (Lipinski definition) is 2. The number of hydrogen-bond donors (Lipinski definition) is 2. The van der Waals surface area contributed by atoms with Crippen molar-refractivity contribution < 1.29 is 0 Å². The predicted molar refractivity (Wildman–Crippen MR) is 74.8 cm³/mol. The highest BCUT2D eigenvalue weighted by molar-refractivity contribution is 6.00. The van der Waals surface area contributed by atoms with Crippen LogP contribution in [0.25, 0.3) is 0 Å². The van der Waals surface area contributed by atoms with E-state index < -0.39 is 0 Å². The largest absolute Gasteiger partial charge is 0.384 e. The van der Waals surface area contributed by atoms with Crippen molar-refractivity contribution in [2.45, 2.75) is 26.7 Å². The molecule has 0 aliphatic heterocycles. The van der Waals surface area contributed by atoms with E-state index in [0.717, 1.165) is 23.7 Å². The molecule has 0 spiro atoms. The molecule has 1 aromatic rings. The Hall–Kier alpha value is -1.51. The zero-order valence-electron chi connectivity index (χ0n) is 11.0. The first kappa shape index (κ1) is 13.6. The highest BCUT2D eigenvalue weighted by atomic mass is 15.1. The van der Waals surface area contributed by atoms with Crippen molar-refractivity contribution in [2.75, 3.05) is 18.5 Å². The van der Waals surface area contributed by atoms with Crippen LogP contribution in [0, 0.1) is 11.3 Å². The highest BCUT2D eigenvalue weighted by Gasteiger charge is 2.08. The Morgan fingerprint density at radius 1 is 1.35 bits per heavy atom. The first-order chi connectivity index (χ1) is 8.02. The fraction of sp³-hybridized carbons (Fsp3) is 0.500. The second kappa shape index (κ2) is 6.28. The molecule has 1 rings (SSSR count). The van der Waals surface area contributed by atoms with E-state index in [-0.39, 0.29) is 5.84 Å². The van der Waals surface area contributed by atoms with Crippen molar-refractivity contribution in [3.05, 3.63) is 29.8 Å². The lowest BCUT2D eigenvalue weighted by molar-refractivity contribution is 0.556. The lowest BCUT2D eigenvalue weighted by Crippen LogP contribution is -2.23. The minimum absolute atomic E-state index is 0.135. The van der Waals surface area contributed by atoms with Crippen molar-refractivity contribution in [2.24, 2.45) is 11.7 Å². The van der Waals surface area contributed by atoms with Crippen molar-refractivity contribution in [1.82, 2.24) is 0 Å². The Morgan fingerprint density at radius 2 is 2.00 bits per heavy atom. The van der Waals surface area contributed by atoms with Gasteiger partial charge in [-0.05, 0) is 30.9 Å². The maximum absolute atomic E-state index is 7.57. The van der Waals surface area contributed by atoms with E-state index in [2.05, 4.69) is 25.8 Å². The molecule has 94 valence electrons. The van der Waals surface area contributed by atoms with Gasteiger partial charge in [0.2, 0.25) is 0 Å². The summed E-state index contributed by atoms with van der Waals surface area (Å²) in [6.45, 7) is 5.48. The first-order valence-electron chi connectivity index (χ1n) is 6.17. The standard InChI is InChI=1S/C14H23N3/c1-11(2)7-6-10-17(3)13-9-5-4-8-12(13)14(15)16/h4-5,8-9,11H,6-7,10H2,1-3H3,(H3,15,16). The second-order valence-electron chi connectivity index (χ2n) is 4.89. The third kappa shape index (κ3) is 4.10. The molecule has 0 bridgehead atoms. The molecule has 0 heterocycles. The fourth-order valence-corrected chi connectivity index (χ4v) is 1.89. The highest BCUT2D eigenvalue weighted by Crippen LogP contribution is 2.19. The first-order valence-corrected chi connectivity index (χ1v) is 6.17. The van der Waals surface area contributed by atoms with Gasteiger partial charge in [-0.2, -0.15) is 0 Å². The normalized spacial score (nSPS) is 10.6. The summed E-state index contributed by atoms with van der Waals surface area (Å²) in [4.78, 5) is 2.18. The smallest absolute Gasteiger partial charge is 0.124 e. The maximum atomic E-state index is 7.57. The van der Waals surface area contributed by atoms with Gasteiger partial charge in [-0.1, -0.05) is 26.0 Å². The number of nitrogens with two attached hydrogens (primary N) is 1. The van der Waals surface area contributed by atoms with Gasteiger partial charge in [0, 0.05) is 24.8 Å². The van der Waals surface area contributed by atoms with Crippen molar-refractivity contribution in [3.63, 3.8) is 0 Å². The van der Waals surface area contributed by atoms with Crippen molar-refractivity contribution in [1.29, 1.82) is 5.41 Å². The number of rotatable bonds is 6. The van der Waals surface area contributed by atoms with E-state index >= 15 is 0 Å². The van der Waals surface area contributed by atoms with E-state index in [1.165, 1.54) is 12.8 Å². The third-order valence-corrected chi connectivity index (χ3v) is 2.88. The van der Waals surface area contributed by atoms with Gasteiger partial charge in [-0.3, -0.25) is 5.41 Å². The number of benzene rings is 1. The quantitative estimate of drug-likeness (QED) is 0.586. The summed E-state index contributed by atoms with van der Waals surface area (Å²) < 4.78 is 0. The van der Waals surface area contributed by atoms with Gasteiger partial charge in [0.25, 0.3) is 0 Å². The molecule has 0 saturated carbocycles. The summed E-state index contributed by atoms with van der Waals surface area (Å²) in [5.74, 6) is 0.878. The maximum Gasteiger partial charge on any atom is 0.124 e. The van der Waals surface area contributed by atoms with E-state index in [1.54, 1.807) is 0 Å². The number of nitrogens with one attached hydrogen (secondary N) is 1. The number of amidine groups is 1. The van der Waals surface area contributed by atoms with Gasteiger partial charge >= 0.3 is 0 Å². The number of nitrogens with zero attached hydrogens (tertiary/aromatic N) is 1. The fourth-order valence-electron chi connectivity index (χ4n) is 1.89. The molecule has 0 unspecified atom stereocenters. The summed E-state index contributed by atoms with van der Waals surface area (Å²) in [7, 11) is 2.06. The molecular weight excluding hydrogens is 210 g/mol. The molecule has 17 heavy (non-hydrogen) atoms. The van der Waals surface area contributed by atoms with Crippen LogP contribution < -0.4 is 10.6 Å². The predicted octanol–water partition coefficient (Wildman–Crippen LogP) is 2.84. The molecule has 0 saturated heterocycles. The van der Waals surface area contributed by atoms with Crippen LogP contribution in [0.3, 0.4) is 0 Å². The molecule has 0 aliphatic rings. The SMILES string of the molecule is CC(C)CCCN(C)c1ccccc1C(=N)N. The van der Waals surface area contributed by atoms with Gasteiger partial charge in [-0.25, -0.2) is 0 Å². The Bertz CT molecular complexity index is 371. The Kier molecular flexibility index (Phi) is 5.01. The summed E-state index contributed by atoms with van der Waals surface area (Å²) >= 11 is 0. The van der Waals surface area contributed by atoms with E-state index in [4.69, 9.17) is 11.1 Å². The molecule has 0 fully saturated rings. The third-order valence-electron chi connectivity index (χ3n) is 2.88. The number of anilines is 1. The van der Waals surface area contributed by atoms with Gasteiger partial charge in [-0.15, -0.1) is 0 Å². The van der Waals surface area contributed by atoms with Crippen LogP contribution in [0.5, 0.6) is 0 Å². The molecule has 3 heteroatoms. The van der Waals surface area contributed by atoms with E-state index in [9.17, 15) is 0 Å². The molecule has 3 nitrogen and oxygen atoms in total. The van der Waals surface area contributed by atoms with E-state index in [0.29, 0.717) is 0 Å². The van der Waals surface area contributed by atoms with Crippen LogP contribution in [0.15, 0.2) is 24.3 Å². The van der Waals surface area contributed by atoms with Crippen LogP contribution in [0.2, 0.25) is 0 Å². The average molecular weight is 233 g/mol. The zero-order valence-corrected chi connectivity index (χ0v) is 11.0. The molecule has 1 aromatic carbocycles. The molecule has 0 radical (unpaired) electrons. The summed E-state index contributed by atoms with van der Waals surface area (Å²) in [5.41, 5.74) is 7.45. The number of nitrogen functional groups attached to an aromatic ring is 1. The van der Waals surface area contributed by atoms with Crippen LogP contribution in [0.1, 0.15) is 32.3 Å². The monoisotopic (exact) mass is 233 g/mol. The summed E-state index contributed by atoms with van der Waals surface area (Å²) in [6, 6.07) is 7.83. The van der Waals surface area contributed by atoms with Crippen molar-refractivity contribution in [3.8, 4) is 0 Å². The summed E-state index contributed by atoms with van der Waals surface area (Å²) in [6.07, 6.45) is 2.40. The lowest BCUT2D eigenvalue weighted by Gasteiger charge is -2.22. The Morgan fingerprint density at radius 3 is 2.59 bits per heavy atom. The topological polar surface area (TPSA) is 53.1 Å². The molecular formula is C14H23N3. The molecule has 0 amide bonds. The van der Waals surface area contributed by atoms with Gasteiger partial charge in [0.15, 0.2) is 0 Å². The van der Waals surface area contributed by atoms with Crippen LogP contribution in [-0.2, 0) is 0 Å². The molecule has 3 N–H and O–H groups in total. The van der Waals surface area contributed by atoms with Gasteiger partial charge in [0.05, 0.1) is 0 Å². The second-order valence-corrected chi connectivity index (χ2v) is 4.89. The van der Waals surface area contributed by atoms with Crippen LogP contribution in [-0.4, -0.2) is 19.4 Å². The van der Waals surface area contributed by atoms with Crippen molar-refractivity contribution >= 4 is 11.5 Å². The molecule has 0 aromatic heterocycles. The Labute approximate surface area is 104 Å². The summed E-state index contributed by atoms with van der Waals surface area (Å²) in [5, 5.41) is 7.57. The lowest BCUT2D eigenvalue weighted by atomic mass is 10.1.